The Morgan fingerprint density at radius 2 is 1.68 bits per heavy atom. The van der Waals surface area contributed by atoms with Crippen LogP contribution in [0.3, 0.4) is 0 Å². The molecule has 0 aliphatic heterocycles. The smallest absolute Gasteiger partial charge is 0.185 e. The summed E-state index contributed by atoms with van der Waals surface area (Å²) < 4.78 is 0. The summed E-state index contributed by atoms with van der Waals surface area (Å²) in [6.07, 6.45) is 4.44. The number of carbonyl (C=O) groups is 1. The van der Waals surface area contributed by atoms with E-state index in [9.17, 15) is 4.79 Å². The first-order valence-corrected chi connectivity index (χ1v) is 6.36. The van der Waals surface area contributed by atoms with Crippen LogP contribution < -0.4 is 5.73 Å². The molecule has 2 aromatic carbocycles. The van der Waals surface area contributed by atoms with Crippen LogP contribution in [-0.2, 0) is 6.42 Å². The van der Waals surface area contributed by atoms with Crippen LogP contribution in [0.25, 0.3) is 6.08 Å². The van der Waals surface area contributed by atoms with Gasteiger partial charge in [-0.25, -0.2) is 0 Å². The fourth-order valence-corrected chi connectivity index (χ4v) is 1.78. The van der Waals surface area contributed by atoms with Gasteiger partial charge in [0.05, 0.1) is 0 Å². The molecular weight excluding hydrogens is 234 g/mol. The molecule has 0 aromatic heterocycles. The molecule has 19 heavy (non-hydrogen) atoms. The van der Waals surface area contributed by atoms with Crippen LogP contribution in [0, 0.1) is 0 Å². The lowest BCUT2D eigenvalue weighted by Crippen LogP contribution is -1.94. The van der Waals surface area contributed by atoms with Gasteiger partial charge < -0.3 is 5.73 Å². The molecule has 0 aliphatic carbocycles. The van der Waals surface area contributed by atoms with Gasteiger partial charge in [0.1, 0.15) is 0 Å². The summed E-state index contributed by atoms with van der Waals surface area (Å²) in [6.45, 7) is 2.12. The van der Waals surface area contributed by atoms with Crippen molar-refractivity contribution in [3.8, 4) is 0 Å². The Hall–Kier alpha value is -2.35. The highest BCUT2D eigenvalue weighted by molar-refractivity contribution is 6.06. The van der Waals surface area contributed by atoms with Gasteiger partial charge in [-0.1, -0.05) is 37.3 Å². The lowest BCUT2D eigenvalue weighted by molar-refractivity contribution is 0.104. The van der Waals surface area contributed by atoms with Gasteiger partial charge in [-0.3, -0.25) is 4.79 Å². The SMILES string of the molecule is CCc1ccc(C=CC(=O)c2ccc(N)cc2)cc1. The third kappa shape index (κ3) is 3.55. The second-order valence-corrected chi connectivity index (χ2v) is 4.41. The number of hydrogen-bond acceptors (Lipinski definition) is 2. The predicted octanol–water partition coefficient (Wildman–Crippen LogP) is 3.73. The van der Waals surface area contributed by atoms with Crippen molar-refractivity contribution in [2.24, 2.45) is 0 Å². The van der Waals surface area contributed by atoms with Gasteiger partial charge in [0.2, 0.25) is 0 Å². The van der Waals surface area contributed by atoms with Crippen molar-refractivity contribution >= 4 is 17.5 Å². The number of ketones is 1. The van der Waals surface area contributed by atoms with Crippen molar-refractivity contribution in [1.29, 1.82) is 0 Å². The fourth-order valence-electron chi connectivity index (χ4n) is 1.78. The summed E-state index contributed by atoms with van der Waals surface area (Å²) in [5.74, 6) is -0.0143. The lowest BCUT2D eigenvalue weighted by atomic mass is 10.1. The minimum atomic E-state index is -0.0143. The molecule has 0 saturated heterocycles. The number of nitrogens with two attached hydrogens (primary N) is 1. The van der Waals surface area contributed by atoms with E-state index in [1.165, 1.54) is 5.56 Å². The summed E-state index contributed by atoms with van der Waals surface area (Å²) in [5.41, 5.74) is 9.22. The van der Waals surface area contributed by atoms with Crippen molar-refractivity contribution in [3.05, 3.63) is 71.3 Å². The number of nitrogen functional groups attached to an aromatic ring is 1. The quantitative estimate of drug-likeness (QED) is 0.511. The van der Waals surface area contributed by atoms with Crippen molar-refractivity contribution in [3.63, 3.8) is 0 Å². The zero-order chi connectivity index (χ0) is 13.7. The van der Waals surface area contributed by atoms with Crippen LogP contribution in [-0.4, -0.2) is 5.78 Å². The van der Waals surface area contributed by atoms with Crippen molar-refractivity contribution in [1.82, 2.24) is 0 Å². The van der Waals surface area contributed by atoms with Crippen molar-refractivity contribution < 1.29 is 4.79 Å². The number of anilines is 1. The Balaban J connectivity index is 2.08. The zero-order valence-corrected chi connectivity index (χ0v) is 11.0. The first-order valence-electron chi connectivity index (χ1n) is 6.36. The second kappa shape index (κ2) is 6.01. The van der Waals surface area contributed by atoms with Crippen LogP contribution >= 0.6 is 0 Å². The maximum absolute atomic E-state index is 11.9. The minimum Gasteiger partial charge on any atom is -0.399 e. The molecule has 2 rings (SSSR count). The lowest BCUT2D eigenvalue weighted by Gasteiger charge is -1.98. The molecule has 0 spiro atoms. The first-order chi connectivity index (χ1) is 9.19. The van der Waals surface area contributed by atoms with E-state index in [0.717, 1.165) is 12.0 Å². The van der Waals surface area contributed by atoms with Crippen LogP contribution in [0.1, 0.15) is 28.4 Å². The molecule has 0 saturated carbocycles. The van der Waals surface area contributed by atoms with Crippen LogP contribution in [0.4, 0.5) is 5.69 Å². The van der Waals surface area contributed by atoms with Gasteiger partial charge in [0, 0.05) is 11.3 Å². The molecule has 2 aromatic rings. The molecule has 96 valence electrons. The summed E-state index contributed by atoms with van der Waals surface area (Å²) in [5, 5.41) is 0. The molecule has 2 N–H and O–H groups in total. The highest BCUT2D eigenvalue weighted by Crippen LogP contribution is 2.10. The molecule has 0 amide bonds. The Labute approximate surface area is 113 Å². The maximum atomic E-state index is 11.9. The van der Waals surface area contributed by atoms with E-state index >= 15 is 0 Å². The number of hydrogen-bond donors (Lipinski definition) is 1. The molecule has 0 bridgehead atoms. The normalized spacial score (nSPS) is 10.8. The largest absolute Gasteiger partial charge is 0.399 e. The van der Waals surface area contributed by atoms with E-state index in [-0.39, 0.29) is 5.78 Å². The molecule has 0 aliphatic rings. The van der Waals surface area contributed by atoms with E-state index in [4.69, 9.17) is 5.73 Å². The van der Waals surface area contributed by atoms with Gasteiger partial charge >= 0.3 is 0 Å². The van der Waals surface area contributed by atoms with E-state index in [1.807, 2.05) is 18.2 Å². The minimum absolute atomic E-state index is 0.0143. The van der Waals surface area contributed by atoms with Gasteiger partial charge in [-0.05, 0) is 47.9 Å². The Morgan fingerprint density at radius 1 is 1.05 bits per heavy atom. The molecule has 0 unspecified atom stereocenters. The summed E-state index contributed by atoms with van der Waals surface area (Å²) in [6, 6.07) is 15.1. The van der Waals surface area contributed by atoms with Crippen molar-refractivity contribution in [2.45, 2.75) is 13.3 Å². The van der Waals surface area contributed by atoms with Crippen LogP contribution in [0.2, 0.25) is 0 Å². The molecule has 0 atom stereocenters. The summed E-state index contributed by atoms with van der Waals surface area (Å²) in [7, 11) is 0. The Bertz CT molecular complexity index is 580. The summed E-state index contributed by atoms with van der Waals surface area (Å²) >= 11 is 0. The number of aryl methyl sites for hydroxylation is 1. The average Bonchev–Trinajstić information content (AvgIpc) is 2.46. The standard InChI is InChI=1S/C17H17NO/c1-2-13-3-5-14(6-4-13)7-12-17(19)15-8-10-16(18)11-9-15/h3-12H,2,18H2,1H3. The summed E-state index contributed by atoms with van der Waals surface area (Å²) in [4.78, 5) is 11.9. The Kier molecular flexibility index (Phi) is 4.14. The van der Waals surface area contributed by atoms with Crippen LogP contribution in [0.15, 0.2) is 54.6 Å². The monoisotopic (exact) mass is 251 g/mol. The number of allylic oxidation sites excluding steroid dienone is 1. The van der Waals surface area contributed by atoms with Gasteiger partial charge in [0.15, 0.2) is 5.78 Å². The highest BCUT2D eigenvalue weighted by Gasteiger charge is 2.00. The number of benzene rings is 2. The van der Waals surface area contributed by atoms with Gasteiger partial charge in [0.25, 0.3) is 0 Å². The van der Waals surface area contributed by atoms with Crippen LogP contribution in [0.5, 0.6) is 0 Å². The second-order valence-electron chi connectivity index (χ2n) is 4.41. The number of rotatable bonds is 4. The molecule has 0 fully saturated rings. The van der Waals surface area contributed by atoms with Gasteiger partial charge in [-0.2, -0.15) is 0 Å². The molecular formula is C17H17NO. The predicted molar refractivity (Wildman–Crippen MR) is 80.0 cm³/mol. The number of carbonyl (C=O) groups excluding carboxylic acids is 1. The molecule has 2 nitrogen and oxygen atoms in total. The van der Waals surface area contributed by atoms with Crippen molar-refractivity contribution in [2.75, 3.05) is 5.73 Å². The Morgan fingerprint density at radius 3 is 2.26 bits per heavy atom. The van der Waals surface area contributed by atoms with E-state index < -0.39 is 0 Å². The molecule has 0 radical (unpaired) electrons. The van der Waals surface area contributed by atoms with E-state index in [2.05, 4.69) is 19.1 Å². The molecule has 0 heterocycles. The average molecular weight is 251 g/mol. The third-order valence-electron chi connectivity index (χ3n) is 3.01. The molecule has 2 heteroatoms. The van der Waals surface area contributed by atoms with E-state index in [0.29, 0.717) is 11.3 Å². The maximum Gasteiger partial charge on any atom is 0.185 e. The first kappa shape index (κ1) is 13.1. The third-order valence-corrected chi connectivity index (χ3v) is 3.01. The zero-order valence-electron chi connectivity index (χ0n) is 11.0. The fraction of sp³-hybridized carbons (Fsp3) is 0.118. The van der Waals surface area contributed by atoms with E-state index in [1.54, 1.807) is 30.3 Å². The topological polar surface area (TPSA) is 43.1 Å². The van der Waals surface area contributed by atoms with Gasteiger partial charge in [-0.15, -0.1) is 0 Å². The highest BCUT2D eigenvalue weighted by atomic mass is 16.1.